The number of hydrogen-bond donors (Lipinski definition) is 0. The summed E-state index contributed by atoms with van der Waals surface area (Å²) in [5.41, 5.74) is 0. The van der Waals surface area contributed by atoms with E-state index in [2.05, 4.69) is 34.6 Å². The van der Waals surface area contributed by atoms with Crippen LogP contribution in [0.25, 0.3) is 0 Å². The van der Waals surface area contributed by atoms with Gasteiger partial charge < -0.3 is 0 Å². The predicted octanol–water partition coefficient (Wildman–Crippen LogP) is 11.9. The van der Waals surface area contributed by atoms with Crippen LogP contribution in [0.5, 0.6) is 0 Å². The van der Waals surface area contributed by atoms with Crippen LogP contribution in [-0.4, -0.2) is 0 Å². The number of unbranched alkanes of at least 4 members (excludes halogenated alkanes) is 13. The molecule has 0 saturated heterocycles. The van der Waals surface area contributed by atoms with Crippen molar-refractivity contribution in [3.05, 3.63) is 0 Å². The van der Waals surface area contributed by atoms with E-state index in [1.165, 1.54) is 148 Å². The maximum atomic E-state index is 2.50. The summed E-state index contributed by atoms with van der Waals surface area (Å²) in [4.78, 5) is 0. The monoisotopic (exact) mass is 437 g/mol. The summed E-state index contributed by atoms with van der Waals surface area (Å²) >= 11 is 0. The molecule has 0 heteroatoms. The van der Waals surface area contributed by atoms with Crippen molar-refractivity contribution in [3.8, 4) is 0 Å². The van der Waals surface area contributed by atoms with Crippen LogP contribution in [0, 0.1) is 17.8 Å². The maximum absolute atomic E-state index is 2.50. The fourth-order valence-corrected chi connectivity index (χ4v) is 5.13. The van der Waals surface area contributed by atoms with Gasteiger partial charge in [0.1, 0.15) is 0 Å². The highest BCUT2D eigenvalue weighted by atomic mass is 14.1. The molecule has 0 bridgehead atoms. The van der Waals surface area contributed by atoms with Crippen molar-refractivity contribution in [2.75, 3.05) is 0 Å². The zero-order chi connectivity index (χ0) is 23.0. The van der Waals surface area contributed by atoms with Gasteiger partial charge in [-0.3, -0.25) is 0 Å². The molecule has 0 amide bonds. The van der Waals surface area contributed by atoms with Crippen molar-refractivity contribution in [3.63, 3.8) is 0 Å². The lowest BCUT2D eigenvalue weighted by Gasteiger charge is -2.15. The zero-order valence-corrected chi connectivity index (χ0v) is 23.0. The molecule has 0 aliphatic carbocycles. The van der Waals surface area contributed by atoms with Gasteiger partial charge in [0.25, 0.3) is 0 Å². The van der Waals surface area contributed by atoms with Crippen LogP contribution in [0.2, 0.25) is 0 Å². The molecule has 3 atom stereocenters. The molecule has 0 aromatic carbocycles. The smallest absolute Gasteiger partial charge is 0.0443 e. The topological polar surface area (TPSA) is 0 Å². The third-order valence-electron chi connectivity index (χ3n) is 7.64. The van der Waals surface area contributed by atoms with E-state index in [-0.39, 0.29) is 0 Å². The van der Waals surface area contributed by atoms with E-state index >= 15 is 0 Å². The van der Waals surface area contributed by atoms with E-state index in [0.717, 1.165) is 17.8 Å². The summed E-state index contributed by atoms with van der Waals surface area (Å²) < 4.78 is 0. The summed E-state index contributed by atoms with van der Waals surface area (Å²) in [6.45, 7) is 12.1. The second-order valence-electron chi connectivity index (χ2n) is 11.4. The van der Waals surface area contributed by atoms with Crippen LogP contribution in [0.15, 0.2) is 0 Å². The molecule has 0 spiro atoms. The molecular formula is C31H64. The third kappa shape index (κ3) is 24.5. The van der Waals surface area contributed by atoms with Crippen LogP contribution >= 0.6 is 0 Å². The number of hydrogen-bond acceptors (Lipinski definition) is 0. The van der Waals surface area contributed by atoms with Crippen molar-refractivity contribution < 1.29 is 0 Å². The fourth-order valence-electron chi connectivity index (χ4n) is 5.13. The summed E-state index contributed by atoms with van der Waals surface area (Å²) in [7, 11) is 0. The van der Waals surface area contributed by atoms with E-state index in [4.69, 9.17) is 0 Å². The molecule has 0 fully saturated rings. The Bertz CT molecular complexity index is 320. The van der Waals surface area contributed by atoms with Crippen LogP contribution in [0.3, 0.4) is 0 Å². The van der Waals surface area contributed by atoms with E-state index < -0.39 is 0 Å². The second-order valence-corrected chi connectivity index (χ2v) is 11.4. The minimum atomic E-state index is 0.951. The van der Waals surface area contributed by atoms with Gasteiger partial charge in [-0.1, -0.05) is 182 Å². The Hall–Kier alpha value is 0. The highest BCUT2D eigenvalue weighted by Crippen LogP contribution is 2.22. The van der Waals surface area contributed by atoms with Crippen molar-refractivity contribution in [2.24, 2.45) is 17.8 Å². The van der Waals surface area contributed by atoms with Crippen LogP contribution < -0.4 is 0 Å². The lowest BCUT2D eigenvalue weighted by atomic mass is 9.91. The molecule has 0 saturated carbocycles. The number of rotatable bonds is 25. The Labute approximate surface area is 200 Å². The summed E-state index contributed by atoms with van der Waals surface area (Å²) in [6, 6.07) is 0. The highest BCUT2D eigenvalue weighted by Gasteiger charge is 2.07. The van der Waals surface area contributed by atoms with Gasteiger partial charge in [0.2, 0.25) is 0 Å². The molecule has 31 heavy (non-hydrogen) atoms. The molecule has 0 nitrogen and oxygen atoms in total. The normalized spacial score (nSPS) is 14.6. The zero-order valence-electron chi connectivity index (χ0n) is 23.0. The summed E-state index contributed by atoms with van der Waals surface area (Å²) in [5, 5.41) is 0. The van der Waals surface area contributed by atoms with E-state index in [0.29, 0.717) is 0 Å². The molecule has 0 aromatic rings. The molecule has 0 heterocycles. The average Bonchev–Trinajstić information content (AvgIpc) is 2.75. The van der Waals surface area contributed by atoms with Crippen molar-refractivity contribution in [2.45, 2.75) is 182 Å². The lowest BCUT2D eigenvalue weighted by Crippen LogP contribution is -2.00. The minimum absolute atomic E-state index is 0.951. The largest absolute Gasteiger partial charge is 0.0654 e. The summed E-state index contributed by atoms with van der Waals surface area (Å²) in [6.07, 6.45) is 33.5. The van der Waals surface area contributed by atoms with Crippen LogP contribution in [-0.2, 0) is 0 Å². The average molecular weight is 437 g/mol. The lowest BCUT2D eigenvalue weighted by molar-refractivity contribution is 0.385. The Morgan fingerprint density at radius 1 is 0.290 bits per heavy atom. The highest BCUT2D eigenvalue weighted by molar-refractivity contribution is 4.60. The molecule has 0 aliphatic rings. The Morgan fingerprint density at radius 2 is 0.516 bits per heavy atom. The Balaban J connectivity index is 3.36. The predicted molar refractivity (Wildman–Crippen MR) is 145 cm³/mol. The minimum Gasteiger partial charge on any atom is -0.0654 e. The molecule has 3 unspecified atom stereocenters. The third-order valence-corrected chi connectivity index (χ3v) is 7.64. The van der Waals surface area contributed by atoms with Gasteiger partial charge in [0.15, 0.2) is 0 Å². The van der Waals surface area contributed by atoms with Gasteiger partial charge in [0.05, 0.1) is 0 Å². The fraction of sp³-hybridized carbons (Fsp3) is 1.00. The first kappa shape index (κ1) is 31.0. The molecule has 0 radical (unpaired) electrons. The van der Waals surface area contributed by atoms with Crippen molar-refractivity contribution >= 4 is 0 Å². The Kier molecular flexibility index (Phi) is 24.6. The summed E-state index contributed by atoms with van der Waals surface area (Å²) in [5.74, 6) is 2.86. The van der Waals surface area contributed by atoms with Gasteiger partial charge in [-0.05, 0) is 17.8 Å². The SMILES string of the molecule is CCCCCCCCCCCC(C)CCCCCC(C)CCCC(C)CCCCCC. The van der Waals surface area contributed by atoms with E-state index in [9.17, 15) is 0 Å². The van der Waals surface area contributed by atoms with E-state index in [1.807, 2.05) is 0 Å². The van der Waals surface area contributed by atoms with Gasteiger partial charge in [0, 0.05) is 0 Å². The van der Waals surface area contributed by atoms with E-state index in [1.54, 1.807) is 0 Å². The van der Waals surface area contributed by atoms with Crippen molar-refractivity contribution in [1.29, 1.82) is 0 Å². The first-order valence-electron chi connectivity index (χ1n) is 15.1. The molecule has 0 aliphatic heterocycles. The Morgan fingerprint density at radius 3 is 0.871 bits per heavy atom. The van der Waals surface area contributed by atoms with Crippen LogP contribution in [0.1, 0.15) is 182 Å². The maximum Gasteiger partial charge on any atom is -0.0443 e. The molecule has 188 valence electrons. The standard InChI is InChI=1S/C31H64/c1-6-8-10-12-13-14-15-16-19-24-29(3)25-20-17-21-26-31(5)28-22-27-30(4)23-18-11-9-7-2/h29-31H,6-28H2,1-5H3. The molecule has 0 rings (SSSR count). The van der Waals surface area contributed by atoms with Crippen LogP contribution in [0.4, 0.5) is 0 Å². The van der Waals surface area contributed by atoms with Gasteiger partial charge >= 0.3 is 0 Å². The quantitative estimate of drug-likeness (QED) is 0.125. The molecule has 0 N–H and O–H groups in total. The van der Waals surface area contributed by atoms with Gasteiger partial charge in [-0.2, -0.15) is 0 Å². The first-order valence-corrected chi connectivity index (χ1v) is 15.1. The first-order chi connectivity index (χ1) is 15.1. The van der Waals surface area contributed by atoms with Gasteiger partial charge in [-0.25, -0.2) is 0 Å². The molecular weight excluding hydrogens is 372 g/mol. The second kappa shape index (κ2) is 24.6. The van der Waals surface area contributed by atoms with Gasteiger partial charge in [-0.15, -0.1) is 0 Å². The molecule has 0 aromatic heterocycles. The van der Waals surface area contributed by atoms with Crippen molar-refractivity contribution in [1.82, 2.24) is 0 Å².